The summed E-state index contributed by atoms with van der Waals surface area (Å²) in [6.07, 6.45) is 0.271. The SMILES string of the molecule is COc1ccc(CC(=O)NCc2c(C)cc(C)[nH]c2=O)cc1. The minimum atomic E-state index is -0.151. The molecule has 0 aliphatic heterocycles. The van der Waals surface area contributed by atoms with Gasteiger partial charge in [-0.25, -0.2) is 0 Å². The summed E-state index contributed by atoms with van der Waals surface area (Å²) in [6.45, 7) is 3.93. The molecule has 0 saturated heterocycles. The number of aryl methyl sites for hydroxylation is 2. The lowest BCUT2D eigenvalue weighted by atomic mass is 10.1. The number of nitrogens with one attached hydrogen (secondary N) is 2. The summed E-state index contributed by atoms with van der Waals surface area (Å²) in [5.41, 5.74) is 3.03. The molecule has 5 heteroatoms. The second-order valence-corrected chi connectivity index (χ2v) is 5.24. The Morgan fingerprint density at radius 2 is 1.91 bits per heavy atom. The fourth-order valence-electron chi connectivity index (χ4n) is 2.28. The highest BCUT2D eigenvalue weighted by atomic mass is 16.5. The Hall–Kier alpha value is -2.56. The number of rotatable bonds is 5. The van der Waals surface area contributed by atoms with Crippen molar-refractivity contribution >= 4 is 5.91 Å². The van der Waals surface area contributed by atoms with Crippen LogP contribution in [0.15, 0.2) is 35.1 Å². The molecule has 0 atom stereocenters. The van der Waals surface area contributed by atoms with Crippen LogP contribution in [0.4, 0.5) is 0 Å². The molecule has 1 amide bonds. The number of aromatic nitrogens is 1. The maximum atomic E-state index is 12.0. The van der Waals surface area contributed by atoms with Crippen molar-refractivity contribution in [3.05, 3.63) is 63.1 Å². The van der Waals surface area contributed by atoms with Crippen molar-refractivity contribution in [1.82, 2.24) is 10.3 Å². The van der Waals surface area contributed by atoms with E-state index in [-0.39, 0.29) is 24.4 Å². The van der Waals surface area contributed by atoms with Gasteiger partial charge in [-0.3, -0.25) is 9.59 Å². The van der Waals surface area contributed by atoms with Gasteiger partial charge in [-0.15, -0.1) is 0 Å². The zero-order valence-corrected chi connectivity index (χ0v) is 13.0. The first-order valence-electron chi connectivity index (χ1n) is 7.08. The normalized spacial score (nSPS) is 10.3. The molecular formula is C17H20N2O3. The smallest absolute Gasteiger partial charge is 0.253 e. The average molecular weight is 300 g/mol. The first-order chi connectivity index (χ1) is 10.5. The van der Waals surface area contributed by atoms with Crippen LogP contribution in [0.3, 0.4) is 0 Å². The molecule has 0 aliphatic rings. The van der Waals surface area contributed by atoms with Gasteiger partial charge in [0.1, 0.15) is 5.75 Å². The number of aromatic amines is 1. The molecule has 2 aromatic rings. The quantitative estimate of drug-likeness (QED) is 0.885. The van der Waals surface area contributed by atoms with Gasteiger partial charge in [0, 0.05) is 17.8 Å². The number of carbonyl (C=O) groups is 1. The number of H-pyrrole nitrogens is 1. The second kappa shape index (κ2) is 6.93. The summed E-state index contributed by atoms with van der Waals surface area (Å²) in [5.74, 6) is 0.635. The van der Waals surface area contributed by atoms with Gasteiger partial charge in [0.05, 0.1) is 13.5 Å². The lowest BCUT2D eigenvalue weighted by Crippen LogP contribution is -2.29. The molecule has 2 N–H and O–H groups in total. The lowest BCUT2D eigenvalue weighted by Gasteiger charge is -2.08. The number of pyridine rings is 1. The molecule has 1 heterocycles. The largest absolute Gasteiger partial charge is 0.497 e. The molecule has 0 fully saturated rings. The third-order valence-corrected chi connectivity index (χ3v) is 3.48. The van der Waals surface area contributed by atoms with E-state index in [0.717, 1.165) is 22.6 Å². The third-order valence-electron chi connectivity index (χ3n) is 3.48. The van der Waals surface area contributed by atoms with Crippen molar-refractivity contribution in [3.8, 4) is 5.75 Å². The van der Waals surface area contributed by atoms with Crippen LogP contribution < -0.4 is 15.6 Å². The van der Waals surface area contributed by atoms with E-state index in [4.69, 9.17) is 4.74 Å². The molecule has 0 aliphatic carbocycles. The molecule has 0 bridgehead atoms. The van der Waals surface area contributed by atoms with Crippen LogP contribution in [0.2, 0.25) is 0 Å². The van der Waals surface area contributed by atoms with Crippen LogP contribution in [0.1, 0.15) is 22.4 Å². The van der Waals surface area contributed by atoms with Crippen molar-refractivity contribution in [3.63, 3.8) is 0 Å². The van der Waals surface area contributed by atoms with Crippen LogP contribution >= 0.6 is 0 Å². The first-order valence-corrected chi connectivity index (χ1v) is 7.08. The Balaban J connectivity index is 1.97. The number of carbonyl (C=O) groups excluding carboxylic acids is 1. The van der Waals surface area contributed by atoms with Gasteiger partial charge in [0.15, 0.2) is 0 Å². The van der Waals surface area contributed by atoms with E-state index in [1.807, 2.05) is 44.2 Å². The van der Waals surface area contributed by atoms with E-state index in [1.54, 1.807) is 7.11 Å². The molecule has 1 aromatic carbocycles. The summed E-state index contributed by atoms with van der Waals surface area (Å²) >= 11 is 0. The molecule has 22 heavy (non-hydrogen) atoms. The molecule has 116 valence electrons. The van der Waals surface area contributed by atoms with Crippen LogP contribution in [-0.2, 0) is 17.8 Å². The van der Waals surface area contributed by atoms with E-state index in [9.17, 15) is 9.59 Å². The van der Waals surface area contributed by atoms with Gasteiger partial charge >= 0.3 is 0 Å². The third kappa shape index (κ3) is 3.97. The molecule has 2 rings (SSSR count). The van der Waals surface area contributed by atoms with Gasteiger partial charge in [0.25, 0.3) is 5.56 Å². The van der Waals surface area contributed by atoms with E-state index in [2.05, 4.69) is 10.3 Å². The Morgan fingerprint density at radius 1 is 1.23 bits per heavy atom. The number of ether oxygens (including phenoxy) is 1. The van der Waals surface area contributed by atoms with Gasteiger partial charge in [-0.05, 0) is 43.2 Å². The predicted molar refractivity (Wildman–Crippen MR) is 85.1 cm³/mol. The molecular weight excluding hydrogens is 280 g/mol. The highest BCUT2D eigenvalue weighted by Gasteiger charge is 2.08. The molecule has 5 nitrogen and oxygen atoms in total. The Morgan fingerprint density at radius 3 is 2.50 bits per heavy atom. The number of methoxy groups -OCH3 is 1. The van der Waals surface area contributed by atoms with E-state index < -0.39 is 0 Å². The first kappa shape index (κ1) is 15.8. The summed E-state index contributed by atoms with van der Waals surface area (Å²) < 4.78 is 5.08. The van der Waals surface area contributed by atoms with Crippen molar-refractivity contribution < 1.29 is 9.53 Å². The summed E-state index contributed by atoms with van der Waals surface area (Å²) in [7, 11) is 1.60. The lowest BCUT2D eigenvalue weighted by molar-refractivity contribution is -0.120. The van der Waals surface area contributed by atoms with E-state index in [0.29, 0.717) is 5.56 Å². The van der Waals surface area contributed by atoms with Gasteiger partial charge in [-0.2, -0.15) is 0 Å². The van der Waals surface area contributed by atoms with Crippen LogP contribution in [-0.4, -0.2) is 18.0 Å². The minimum absolute atomic E-state index is 0.121. The summed E-state index contributed by atoms with van der Waals surface area (Å²) in [4.78, 5) is 26.6. The highest BCUT2D eigenvalue weighted by Crippen LogP contribution is 2.11. The van der Waals surface area contributed by atoms with Gasteiger partial charge in [0.2, 0.25) is 5.91 Å². The number of amides is 1. The standard InChI is InChI=1S/C17H20N2O3/c1-11-8-12(2)19-17(21)15(11)10-18-16(20)9-13-4-6-14(22-3)7-5-13/h4-8H,9-10H2,1-3H3,(H,18,20)(H,19,21). The Bertz CT molecular complexity index is 718. The monoisotopic (exact) mass is 300 g/mol. The predicted octanol–water partition coefficient (Wildman–Crippen LogP) is 1.86. The minimum Gasteiger partial charge on any atom is -0.497 e. The van der Waals surface area contributed by atoms with E-state index in [1.165, 1.54) is 0 Å². The number of hydrogen-bond donors (Lipinski definition) is 2. The second-order valence-electron chi connectivity index (χ2n) is 5.24. The van der Waals surface area contributed by atoms with Crippen molar-refractivity contribution in [1.29, 1.82) is 0 Å². The highest BCUT2D eigenvalue weighted by molar-refractivity contribution is 5.78. The average Bonchev–Trinajstić information content (AvgIpc) is 2.47. The summed E-state index contributed by atoms with van der Waals surface area (Å²) in [6, 6.07) is 9.23. The Kier molecular flexibility index (Phi) is 4.99. The van der Waals surface area contributed by atoms with Gasteiger partial charge in [-0.1, -0.05) is 12.1 Å². The molecule has 0 radical (unpaired) electrons. The zero-order chi connectivity index (χ0) is 16.1. The number of benzene rings is 1. The van der Waals surface area contributed by atoms with Crippen LogP contribution in [0, 0.1) is 13.8 Å². The number of hydrogen-bond acceptors (Lipinski definition) is 3. The van der Waals surface area contributed by atoms with E-state index >= 15 is 0 Å². The van der Waals surface area contributed by atoms with Crippen molar-refractivity contribution in [2.75, 3.05) is 7.11 Å². The van der Waals surface area contributed by atoms with Crippen LogP contribution in [0.5, 0.6) is 5.75 Å². The molecule has 0 saturated carbocycles. The van der Waals surface area contributed by atoms with Crippen molar-refractivity contribution in [2.24, 2.45) is 0 Å². The van der Waals surface area contributed by atoms with Crippen LogP contribution in [0.25, 0.3) is 0 Å². The fourth-order valence-corrected chi connectivity index (χ4v) is 2.28. The molecule has 0 spiro atoms. The topological polar surface area (TPSA) is 71.2 Å². The van der Waals surface area contributed by atoms with Gasteiger partial charge < -0.3 is 15.0 Å². The summed E-state index contributed by atoms with van der Waals surface area (Å²) in [5, 5.41) is 2.79. The maximum absolute atomic E-state index is 12.0. The fraction of sp³-hybridized carbons (Fsp3) is 0.294. The zero-order valence-electron chi connectivity index (χ0n) is 13.0. The van der Waals surface area contributed by atoms with Crippen molar-refractivity contribution in [2.45, 2.75) is 26.8 Å². The Labute approximate surface area is 129 Å². The molecule has 0 unspecified atom stereocenters. The maximum Gasteiger partial charge on any atom is 0.253 e. The molecule has 1 aromatic heterocycles.